The van der Waals surface area contributed by atoms with E-state index in [2.05, 4.69) is 15.6 Å². The maximum absolute atomic E-state index is 13.6. The van der Waals surface area contributed by atoms with Gasteiger partial charge in [-0.1, -0.05) is 12.1 Å². The topological polar surface area (TPSA) is 54.9 Å². The molecule has 0 saturated heterocycles. The molecule has 25 heavy (non-hydrogen) atoms. The summed E-state index contributed by atoms with van der Waals surface area (Å²) in [5.74, 6) is 0.931. The lowest BCUT2D eigenvalue weighted by atomic mass is 10.1. The minimum Gasteiger partial charge on any atom is -0.454 e. The molecule has 7 heteroatoms. The van der Waals surface area contributed by atoms with Crippen LogP contribution in [0.15, 0.2) is 41.4 Å². The Bertz CT molecular complexity index is 761. The van der Waals surface area contributed by atoms with Crippen molar-refractivity contribution in [1.82, 2.24) is 10.6 Å². The number of benzene rings is 2. The van der Waals surface area contributed by atoms with Crippen LogP contribution in [0.5, 0.6) is 11.5 Å². The fraction of sp³-hybridized carbons (Fsp3) is 0.278. The summed E-state index contributed by atoms with van der Waals surface area (Å²) < 4.78 is 37.8. The number of hydrogen-bond acceptors (Lipinski definition) is 3. The second-order valence-electron chi connectivity index (χ2n) is 5.49. The number of hydrogen-bond donors (Lipinski definition) is 2. The highest BCUT2D eigenvalue weighted by Crippen LogP contribution is 2.32. The molecule has 5 nitrogen and oxygen atoms in total. The third kappa shape index (κ3) is 4.17. The Morgan fingerprint density at radius 1 is 1.08 bits per heavy atom. The highest BCUT2D eigenvalue weighted by Gasteiger charge is 2.13. The van der Waals surface area contributed by atoms with E-state index in [9.17, 15) is 8.78 Å². The van der Waals surface area contributed by atoms with Gasteiger partial charge in [0.25, 0.3) is 0 Å². The van der Waals surface area contributed by atoms with Crippen LogP contribution in [0.25, 0.3) is 0 Å². The molecule has 2 N–H and O–H groups in total. The van der Waals surface area contributed by atoms with Crippen LogP contribution in [-0.2, 0) is 13.0 Å². The molecule has 3 rings (SSSR count). The number of nitrogens with one attached hydrogen (secondary N) is 2. The number of ether oxygens (including phenoxy) is 2. The monoisotopic (exact) mass is 347 g/mol. The van der Waals surface area contributed by atoms with E-state index in [0.29, 0.717) is 19.0 Å². The number of fused-ring (bicyclic) bond motifs is 1. The van der Waals surface area contributed by atoms with Gasteiger partial charge in [-0.2, -0.15) is 0 Å². The van der Waals surface area contributed by atoms with Crippen molar-refractivity contribution in [3.8, 4) is 11.5 Å². The predicted octanol–water partition coefficient (Wildman–Crippen LogP) is 2.60. The van der Waals surface area contributed by atoms with E-state index in [1.807, 2.05) is 18.2 Å². The first kappa shape index (κ1) is 17.0. The summed E-state index contributed by atoms with van der Waals surface area (Å²) in [4.78, 5) is 4.10. The number of aliphatic imine (C=N–C) groups is 1. The van der Waals surface area contributed by atoms with Gasteiger partial charge in [0.2, 0.25) is 6.79 Å². The van der Waals surface area contributed by atoms with Crippen LogP contribution in [0.1, 0.15) is 11.1 Å². The zero-order chi connectivity index (χ0) is 17.6. The lowest BCUT2D eigenvalue weighted by molar-refractivity contribution is 0.174. The smallest absolute Gasteiger partial charge is 0.231 e. The Balaban J connectivity index is 1.50. The van der Waals surface area contributed by atoms with Crippen molar-refractivity contribution in [2.24, 2.45) is 4.99 Å². The third-order valence-electron chi connectivity index (χ3n) is 3.85. The molecule has 0 bridgehead atoms. The first-order chi connectivity index (χ1) is 12.2. The molecule has 1 heterocycles. The Morgan fingerprint density at radius 2 is 1.84 bits per heavy atom. The average molecular weight is 347 g/mol. The van der Waals surface area contributed by atoms with Crippen LogP contribution < -0.4 is 20.1 Å². The van der Waals surface area contributed by atoms with E-state index in [4.69, 9.17) is 9.47 Å². The maximum Gasteiger partial charge on any atom is 0.231 e. The lowest BCUT2D eigenvalue weighted by Gasteiger charge is -2.12. The van der Waals surface area contributed by atoms with E-state index >= 15 is 0 Å². The van der Waals surface area contributed by atoms with Crippen molar-refractivity contribution in [3.63, 3.8) is 0 Å². The van der Waals surface area contributed by atoms with Crippen LogP contribution in [0.2, 0.25) is 0 Å². The first-order valence-electron chi connectivity index (χ1n) is 7.93. The number of nitrogens with zero attached hydrogens (tertiary/aromatic N) is 1. The summed E-state index contributed by atoms with van der Waals surface area (Å²) in [6.45, 7) is 1.13. The van der Waals surface area contributed by atoms with Gasteiger partial charge in [-0.25, -0.2) is 8.78 Å². The zero-order valence-electron chi connectivity index (χ0n) is 13.8. The molecule has 0 spiro atoms. The SMILES string of the molecule is CN=C(NCCc1c(F)cccc1F)NCc1ccc2c(c1)OCO2. The second kappa shape index (κ2) is 7.83. The van der Waals surface area contributed by atoms with Gasteiger partial charge in [0.05, 0.1) is 0 Å². The number of rotatable bonds is 5. The number of guanidine groups is 1. The highest BCUT2D eigenvalue weighted by atomic mass is 19.1. The predicted molar refractivity (Wildman–Crippen MR) is 90.8 cm³/mol. The van der Waals surface area contributed by atoms with E-state index in [1.54, 1.807) is 7.05 Å². The molecule has 2 aromatic rings. The standard InChI is InChI=1S/C18H19F2N3O2/c1-21-18(22-8-7-13-14(19)3-2-4-15(13)20)23-10-12-5-6-16-17(9-12)25-11-24-16/h2-6,9H,7-8,10-11H2,1H3,(H2,21,22,23). The third-order valence-corrected chi connectivity index (χ3v) is 3.85. The van der Waals surface area contributed by atoms with Crippen molar-refractivity contribution in [2.75, 3.05) is 20.4 Å². The van der Waals surface area contributed by atoms with Gasteiger partial charge in [0, 0.05) is 25.7 Å². The van der Waals surface area contributed by atoms with Gasteiger partial charge in [-0.3, -0.25) is 4.99 Å². The summed E-state index contributed by atoms with van der Waals surface area (Å²) in [6, 6.07) is 9.56. The molecule has 0 aromatic heterocycles. The minimum atomic E-state index is -0.537. The molecule has 0 atom stereocenters. The van der Waals surface area contributed by atoms with Gasteiger partial charge in [-0.15, -0.1) is 0 Å². The molecule has 132 valence electrons. The minimum absolute atomic E-state index is 0.0706. The Labute approximate surface area is 144 Å². The van der Waals surface area contributed by atoms with Crippen LogP contribution in [-0.4, -0.2) is 26.3 Å². The molecular weight excluding hydrogens is 328 g/mol. The van der Waals surface area contributed by atoms with Crippen LogP contribution >= 0.6 is 0 Å². The molecule has 0 fully saturated rings. The summed E-state index contributed by atoms with van der Waals surface area (Å²) in [5.41, 5.74) is 1.08. The van der Waals surface area contributed by atoms with Gasteiger partial charge >= 0.3 is 0 Å². The van der Waals surface area contributed by atoms with Crippen LogP contribution in [0.4, 0.5) is 8.78 Å². The van der Waals surface area contributed by atoms with E-state index in [-0.39, 0.29) is 18.8 Å². The summed E-state index contributed by atoms with van der Waals surface area (Å²) in [7, 11) is 1.64. The van der Waals surface area contributed by atoms with E-state index in [0.717, 1.165) is 17.1 Å². The normalized spacial score (nSPS) is 13.0. The quantitative estimate of drug-likeness (QED) is 0.645. The van der Waals surface area contributed by atoms with Gasteiger partial charge in [0.15, 0.2) is 17.5 Å². The summed E-state index contributed by atoms with van der Waals surface area (Å²) in [6.07, 6.45) is 0.225. The second-order valence-corrected chi connectivity index (χ2v) is 5.49. The Kier molecular flexibility index (Phi) is 5.33. The Hall–Kier alpha value is -2.83. The molecule has 0 radical (unpaired) electrons. The van der Waals surface area contributed by atoms with Crippen molar-refractivity contribution < 1.29 is 18.3 Å². The molecule has 1 aliphatic rings. The van der Waals surface area contributed by atoms with Crippen molar-refractivity contribution >= 4 is 5.96 Å². The average Bonchev–Trinajstić information content (AvgIpc) is 3.08. The van der Waals surface area contributed by atoms with Gasteiger partial charge in [0.1, 0.15) is 11.6 Å². The largest absolute Gasteiger partial charge is 0.454 e. The molecule has 0 unspecified atom stereocenters. The fourth-order valence-corrected chi connectivity index (χ4v) is 2.53. The first-order valence-corrected chi connectivity index (χ1v) is 7.93. The summed E-state index contributed by atoms with van der Waals surface area (Å²) >= 11 is 0. The fourth-order valence-electron chi connectivity index (χ4n) is 2.53. The maximum atomic E-state index is 13.6. The molecule has 0 amide bonds. The molecule has 1 aliphatic heterocycles. The van der Waals surface area contributed by atoms with Gasteiger partial charge in [-0.05, 0) is 36.2 Å². The molecule has 2 aromatic carbocycles. The molecular formula is C18H19F2N3O2. The summed E-state index contributed by atoms with van der Waals surface area (Å²) in [5, 5.41) is 6.19. The molecule has 0 saturated carbocycles. The van der Waals surface area contributed by atoms with Crippen molar-refractivity contribution in [3.05, 3.63) is 59.2 Å². The highest BCUT2D eigenvalue weighted by molar-refractivity contribution is 5.79. The van der Waals surface area contributed by atoms with Crippen molar-refractivity contribution in [2.45, 2.75) is 13.0 Å². The molecule has 0 aliphatic carbocycles. The van der Waals surface area contributed by atoms with Crippen molar-refractivity contribution in [1.29, 1.82) is 0 Å². The lowest BCUT2D eigenvalue weighted by Crippen LogP contribution is -2.38. The van der Waals surface area contributed by atoms with E-state index < -0.39 is 11.6 Å². The number of halogens is 2. The van der Waals surface area contributed by atoms with Gasteiger partial charge < -0.3 is 20.1 Å². The van der Waals surface area contributed by atoms with E-state index in [1.165, 1.54) is 18.2 Å². The Morgan fingerprint density at radius 3 is 2.60 bits per heavy atom. The zero-order valence-corrected chi connectivity index (χ0v) is 13.8. The van der Waals surface area contributed by atoms with Crippen LogP contribution in [0, 0.1) is 11.6 Å². The van der Waals surface area contributed by atoms with Crippen LogP contribution in [0.3, 0.4) is 0 Å².